The second kappa shape index (κ2) is 10.6. The Labute approximate surface area is 245 Å². The molecule has 0 N–H and O–H groups in total. The van der Waals surface area contributed by atoms with Crippen molar-refractivity contribution >= 4 is 72.4 Å². The van der Waals surface area contributed by atoms with Crippen LogP contribution < -0.4 is 0 Å². The standard InChI is InChI=1S/C40H30N2/c1-4-12-30-26(3)29(23-25-41-24-5-2)33-17-10-11-18-34(33)38(30)40-35-21-19-27-13-6-8-15-31(27)37(35)39-32-16-9-7-14-28(32)20-22-36(39)42-40/h4-25H,2H2,1,3H3/b12-4-,25-23+,41-24?. The molecule has 1 heterocycles. The first kappa shape index (κ1) is 25.6. The van der Waals surface area contributed by atoms with Gasteiger partial charge in [0.1, 0.15) is 0 Å². The third-order valence-corrected chi connectivity index (χ3v) is 8.23. The van der Waals surface area contributed by atoms with Gasteiger partial charge >= 0.3 is 0 Å². The average Bonchev–Trinajstić information content (AvgIpc) is 3.04. The first-order chi connectivity index (χ1) is 20.7. The van der Waals surface area contributed by atoms with E-state index in [1.807, 2.05) is 6.20 Å². The summed E-state index contributed by atoms with van der Waals surface area (Å²) < 4.78 is 0. The van der Waals surface area contributed by atoms with E-state index in [0.717, 1.165) is 27.7 Å². The largest absolute Gasteiger partial charge is 0.265 e. The van der Waals surface area contributed by atoms with Crippen LogP contribution in [0.4, 0.5) is 0 Å². The van der Waals surface area contributed by atoms with Gasteiger partial charge in [0.2, 0.25) is 0 Å². The third kappa shape index (κ3) is 4.03. The molecule has 0 saturated carbocycles. The van der Waals surface area contributed by atoms with Gasteiger partial charge in [0.15, 0.2) is 0 Å². The molecule has 0 amide bonds. The number of aromatic nitrogens is 1. The lowest BCUT2D eigenvalue weighted by molar-refractivity contribution is 1.40. The van der Waals surface area contributed by atoms with Gasteiger partial charge < -0.3 is 0 Å². The molecule has 6 aromatic carbocycles. The summed E-state index contributed by atoms with van der Waals surface area (Å²) in [7, 11) is 0. The number of aliphatic imine (C=N–C) groups is 1. The normalized spacial score (nSPS) is 12.3. The highest BCUT2D eigenvalue weighted by Gasteiger charge is 2.21. The Morgan fingerprint density at radius 3 is 2.00 bits per heavy atom. The average molecular weight is 539 g/mol. The van der Waals surface area contributed by atoms with E-state index in [1.165, 1.54) is 54.2 Å². The van der Waals surface area contributed by atoms with Gasteiger partial charge in [-0.3, -0.25) is 4.99 Å². The minimum Gasteiger partial charge on any atom is -0.265 e. The van der Waals surface area contributed by atoms with Crippen LogP contribution in [0.1, 0.15) is 23.6 Å². The highest BCUT2D eigenvalue weighted by molar-refractivity contribution is 6.29. The van der Waals surface area contributed by atoms with Crippen molar-refractivity contribution in [3.63, 3.8) is 0 Å². The lowest BCUT2D eigenvalue weighted by atomic mass is 9.85. The zero-order valence-corrected chi connectivity index (χ0v) is 23.8. The summed E-state index contributed by atoms with van der Waals surface area (Å²) in [6.07, 6.45) is 11.7. The molecule has 42 heavy (non-hydrogen) atoms. The Bertz CT molecular complexity index is 2280. The van der Waals surface area contributed by atoms with Crippen LogP contribution in [-0.4, -0.2) is 11.2 Å². The number of pyridine rings is 1. The number of nitrogens with zero attached hydrogens (tertiary/aromatic N) is 2. The summed E-state index contributed by atoms with van der Waals surface area (Å²) >= 11 is 0. The van der Waals surface area contributed by atoms with Crippen LogP contribution in [-0.2, 0) is 0 Å². The Hall–Kier alpha value is -5.34. The Morgan fingerprint density at radius 1 is 0.643 bits per heavy atom. The fourth-order valence-corrected chi connectivity index (χ4v) is 6.41. The van der Waals surface area contributed by atoms with E-state index >= 15 is 0 Å². The minimum atomic E-state index is 1.00. The number of hydrogen-bond acceptors (Lipinski definition) is 2. The molecule has 1 aromatic heterocycles. The molecule has 0 aliphatic carbocycles. The summed E-state index contributed by atoms with van der Waals surface area (Å²) in [6.45, 7) is 8.02. The molecule has 0 atom stereocenters. The number of fused-ring (bicyclic) bond motifs is 8. The van der Waals surface area contributed by atoms with Crippen LogP contribution in [0.15, 0.2) is 127 Å². The number of rotatable bonds is 5. The molecule has 0 aliphatic rings. The van der Waals surface area contributed by atoms with Crippen molar-refractivity contribution in [3.8, 4) is 11.3 Å². The highest BCUT2D eigenvalue weighted by atomic mass is 14.7. The van der Waals surface area contributed by atoms with Gasteiger partial charge in [-0.05, 0) is 75.0 Å². The van der Waals surface area contributed by atoms with E-state index in [1.54, 1.807) is 12.3 Å². The molecule has 0 radical (unpaired) electrons. The molecule has 0 saturated heterocycles. The number of benzene rings is 6. The van der Waals surface area contributed by atoms with Crippen molar-refractivity contribution in [1.29, 1.82) is 0 Å². The predicted octanol–water partition coefficient (Wildman–Crippen LogP) is 11.1. The molecule has 2 nitrogen and oxygen atoms in total. The van der Waals surface area contributed by atoms with Crippen LogP contribution in [0, 0.1) is 6.92 Å². The maximum Gasteiger partial charge on any atom is 0.0800 e. The van der Waals surface area contributed by atoms with E-state index in [-0.39, 0.29) is 0 Å². The zero-order valence-electron chi connectivity index (χ0n) is 23.8. The van der Waals surface area contributed by atoms with Gasteiger partial charge in [-0.1, -0.05) is 116 Å². The number of allylic oxidation sites excluding steroid dienone is 2. The van der Waals surface area contributed by atoms with Crippen molar-refractivity contribution in [2.24, 2.45) is 4.99 Å². The van der Waals surface area contributed by atoms with Crippen molar-refractivity contribution in [3.05, 3.63) is 139 Å². The van der Waals surface area contributed by atoms with Crippen LogP contribution >= 0.6 is 0 Å². The second-order valence-electron chi connectivity index (χ2n) is 10.6. The van der Waals surface area contributed by atoms with Gasteiger partial charge in [0, 0.05) is 34.1 Å². The molecule has 2 heteroatoms. The lowest BCUT2D eigenvalue weighted by Gasteiger charge is -2.20. The van der Waals surface area contributed by atoms with Crippen molar-refractivity contribution in [2.75, 3.05) is 0 Å². The first-order valence-corrected chi connectivity index (χ1v) is 14.3. The fourth-order valence-electron chi connectivity index (χ4n) is 6.41. The Morgan fingerprint density at radius 2 is 1.29 bits per heavy atom. The van der Waals surface area contributed by atoms with Gasteiger partial charge in [-0.25, -0.2) is 4.98 Å². The van der Waals surface area contributed by atoms with E-state index in [2.05, 4.69) is 141 Å². The van der Waals surface area contributed by atoms with Gasteiger partial charge in [-0.2, -0.15) is 0 Å². The third-order valence-electron chi connectivity index (χ3n) is 8.23. The maximum absolute atomic E-state index is 5.49. The smallest absolute Gasteiger partial charge is 0.0800 e. The topological polar surface area (TPSA) is 25.2 Å². The van der Waals surface area contributed by atoms with Gasteiger partial charge in [-0.15, -0.1) is 0 Å². The molecular weight excluding hydrogens is 508 g/mol. The van der Waals surface area contributed by atoms with Crippen LogP contribution in [0.5, 0.6) is 0 Å². The summed E-state index contributed by atoms with van der Waals surface area (Å²) in [4.78, 5) is 9.86. The number of hydrogen-bond donors (Lipinski definition) is 0. The van der Waals surface area contributed by atoms with Gasteiger partial charge in [0.25, 0.3) is 0 Å². The Kier molecular flexibility index (Phi) is 6.45. The predicted molar refractivity (Wildman–Crippen MR) is 184 cm³/mol. The molecule has 0 fully saturated rings. The molecular formula is C40H30N2. The fraction of sp³-hybridized carbons (Fsp3) is 0.0500. The van der Waals surface area contributed by atoms with E-state index in [0.29, 0.717) is 0 Å². The Balaban J connectivity index is 1.69. The molecule has 0 spiro atoms. The summed E-state index contributed by atoms with van der Waals surface area (Å²) in [5.74, 6) is 0. The highest BCUT2D eigenvalue weighted by Crippen LogP contribution is 2.44. The molecule has 7 rings (SSSR count). The van der Waals surface area contributed by atoms with Crippen molar-refractivity contribution in [2.45, 2.75) is 13.8 Å². The second-order valence-corrected chi connectivity index (χ2v) is 10.6. The first-order valence-electron chi connectivity index (χ1n) is 14.3. The SMILES string of the molecule is C=CC=N/C=C/c1c(C)c(/C=C\C)c(-c2nc3ccc4ccccc4c3c3c2ccc2ccccc23)c2ccccc12. The minimum absolute atomic E-state index is 1.00. The molecule has 0 aliphatic heterocycles. The van der Waals surface area contributed by atoms with Gasteiger partial charge in [0.05, 0.1) is 11.2 Å². The van der Waals surface area contributed by atoms with Crippen LogP contribution in [0.2, 0.25) is 0 Å². The van der Waals surface area contributed by atoms with Crippen molar-refractivity contribution in [1.82, 2.24) is 4.98 Å². The lowest BCUT2D eigenvalue weighted by Crippen LogP contribution is -1.99. The summed E-state index contributed by atoms with van der Waals surface area (Å²) in [5.41, 5.74) is 6.69. The molecule has 7 aromatic rings. The quantitative estimate of drug-likeness (QED) is 0.158. The van der Waals surface area contributed by atoms with Crippen LogP contribution in [0.25, 0.3) is 77.4 Å². The molecule has 0 unspecified atom stereocenters. The molecule has 0 bridgehead atoms. The van der Waals surface area contributed by atoms with Crippen LogP contribution in [0.3, 0.4) is 0 Å². The van der Waals surface area contributed by atoms with Crippen molar-refractivity contribution < 1.29 is 0 Å². The summed E-state index contributed by atoms with van der Waals surface area (Å²) in [6, 6.07) is 34.9. The van der Waals surface area contributed by atoms with E-state index in [9.17, 15) is 0 Å². The zero-order chi connectivity index (χ0) is 28.6. The monoisotopic (exact) mass is 538 g/mol. The van der Waals surface area contributed by atoms with E-state index in [4.69, 9.17) is 4.98 Å². The molecule has 200 valence electrons. The summed E-state index contributed by atoms with van der Waals surface area (Å²) in [5, 5.41) is 10.9. The maximum atomic E-state index is 5.49. The van der Waals surface area contributed by atoms with E-state index < -0.39 is 0 Å².